The molecular formula is C16H26N5+. The maximum absolute atomic E-state index is 4.76. The van der Waals surface area contributed by atoms with E-state index in [2.05, 4.69) is 29.7 Å². The van der Waals surface area contributed by atoms with Gasteiger partial charge in [-0.25, -0.2) is 0 Å². The first kappa shape index (κ1) is 14.3. The molecule has 2 aliphatic rings. The molecule has 1 fully saturated rings. The Morgan fingerprint density at radius 3 is 2.81 bits per heavy atom. The van der Waals surface area contributed by atoms with Gasteiger partial charge < -0.3 is 5.32 Å². The molecule has 2 heterocycles. The molecular weight excluding hydrogens is 262 g/mol. The van der Waals surface area contributed by atoms with E-state index < -0.39 is 0 Å². The van der Waals surface area contributed by atoms with E-state index in [-0.39, 0.29) is 0 Å². The molecule has 0 amide bonds. The molecule has 0 aromatic carbocycles. The molecule has 114 valence electrons. The summed E-state index contributed by atoms with van der Waals surface area (Å²) in [4.78, 5) is 0. The van der Waals surface area contributed by atoms with Gasteiger partial charge >= 0.3 is 0 Å². The van der Waals surface area contributed by atoms with Crippen molar-refractivity contribution in [1.82, 2.24) is 15.1 Å². The summed E-state index contributed by atoms with van der Waals surface area (Å²) < 4.78 is 2.49. The minimum Gasteiger partial charge on any atom is -0.377 e. The van der Waals surface area contributed by atoms with E-state index >= 15 is 0 Å². The van der Waals surface area contributed by atoms with Crippen molar-refractivity contribution < 1.29 is 4.59 Å². The number of nitrogens with zero attached hydrogens (tertiary/aromatic N) is 4. The van der Waals surface area contributed by atoms with Gasteiger partial charge in [0, 0.05) is 24.8 Å². The minimum atomic E-state index is 0.631. The van der Waals surface area contributed by atoms with E-state index in [0.29, 0.717) is 10.6 Å². The van der Waals surface area contributed by atoms with Crippen LogP contribution in [0.3, 0.4) is 0 Å². The van der Waals surface area contributed by atoms with Crippen LogP contribution in [0.25, 0.3) is 0 Å². The molecule has 3 rings (SSSR count). The third-order valence-corrected chi connectivity index (χ3v) is 4.54. The Labute approximate surface area is 126 Å². The lowest BCUT2D eigenvalue weighted by Crippen LogP contribution is -2.35. The van der Waals surface area contributed by atoms with E-state index in [9.17, 15) is 0 Å². The first-order valence-electron chi connectivity index (χ1n) is 8.08. The zero-order valence-electron chi connectivity index (χ0n) is 13.1. The summed E-state index contributed by atoms with van der Waals surface area (Å²) in [5, 5.41) is 12.7. The van der Waals surface area contributed by atoms with E-state index in [0.717, 1.165) is 13.1 Å². The number of hydrogen-bond acceptors (Lipinski definition) is 3. The van der Waals surface area contributed by atoms with Crippen LogP contribution in [0.1, 0.15) is 44.6 Å². The number of hydrogen-bond donors (Lipinski definition) is 1. The van der Waals surface area contributed by atoms with Crippen LogP contribution >= 0.6 is 0 Å². The van der Waals surface area contributed by atoms with Crippen LogP contribution < -0.4 is 5.32 Å². The highest BCUT2D eigenvalue weighted by Crippen LogP contribution is 2.23. The third kappa shape index (κ3) is 3.35. The van der Waals surface area contributed by atoms with Gasteiger partial charge in [-0.05, 0) is 19.8 Å². The number of quaternary nitrogens is 1. The van der Waals surface area contributed by atoms with Gasteiger partial charge in [-0.1, -0.05) is 24.4 Å². The fourth-order valence-corrected chi connectivity index (χ4v) is 3.30. The molecule has 1 aliphatic carbocycles. The van der Waals surface area contributed by atoms with Crippen molar-refractivity contribution in [3.63, 3.8) is 0 Å². The van der Waals surface area contributed by atoms with Crippen LogP contribution in [0, 0.1) is 0 Å². The smallest absolute Gasteiger partial charge is 0.148 e. The number of aromatic nitrogens is 2. The fraction of sp³-hybridized carbons (Fsp3) is 0.625. The average Bonchev–Trinajstić information content (AvgIpc) is 3.08. The molecule has 0 bridgehead atoms. The Kier molecular flexibility index (Phi) is 4.10. The maximum atomic E-state index is 4.76. The molecule has 1 aromatic rings. The third-order valence-electron chi connectivity index (χ3n) is 4.54. The van der Waals surface area contributed by atoms with Crippen LogP contribution in [0.2, 0.25) is 0 Å². The van der Waals surface area contributed by atoms with Crippen LogP contribution in [0.15, 0.2) is 29.4 Å². The van der Waals surface area contributed by atoms with Crippen molar-refractivity contribution in [2.24, 2.45) is 12.1 Å². The van der Waals surface area contributed by atoms with E-state index in [1.165, 1.54) is 43.4 Å². The number of allylic oxidation sites excluding steroid dienone is 1. The summed E-state index contributed by atoms with van der Waals surface area (Å²) in [7, 11) is 1.96. The van der Waals surface area contributed by atoms with Crippen molar-refractivity contribution >= 4 is 6.21 Å². The lowest BCUT2D eigenvalue weighted by atomic mass is 9.95. The molecule has 1 aliphatic heterocycles. The lowest BCUT2D eigenvalue weighted by Gasteiger charge is -2.25. The van der Waals surface area contributed by atoms with Gasteiger partial charge in [0.1, 0.15) is 31.2 Å². The highest BCUT2D eigenvalue weighted by atomic mass is 15.6. The summed E-state index contributed by atoms with van der Waals surface area (Å²) in [6.45, 7) is 4.02. The minimum absolute atomic E-state index is 0.631. The van der Waals surface area contributed by atoms with Gasteiger partial charge in [0.25, 0.3) is 0 Å². The van der Waals surface area contributed by atoms with Crippen molar-refractivity contribution in [3.8, 4) is 0 Å². The van der Waals surface area contributed by atoms with Crippen LogP contribution in [-0.4, -0.2) is 33.2 Å². The van der Waals surface area contributed by atoms with Crippen molar-refractivity contribution in [2.45, 2.75) is 51.6 Å². The van der Waals surface area contributed by atoms with Gasteiger partial charge in [-0.2, -0.15) is 9.69 Å². The largest absolute Gasteiger partial charge is 0.377 e. The molecule has 5 heteroatoms. The molecule has 21 heavy (non-hydrogen) atoms. The highest BCUT2D eigenvalue weighted by Gasteiger charge is 2.30. The first-order valence-corrected chi connectivity index (χ1v) is 8.08. The molecule has 1 unspecified atom stereocenters. The van der Waals surface area contributed by atoms with Crippen molar-refractivity contribution in [2.75, 3.05) is 6.54 Å². The Bertz CT molecular complexity index is 539. The second-order valence-corrected chi connectivity index (χ2v) is 6.29. The van der Waals surface area contributed by atoms with E-state index in [1.54, 1.807) is 0 Å². The molecule has 1 N–H and O–H groups in total. The summed E-state index contributed by atoms with van der Waals surface area (Å²) in [6, 6.07) is 0.631. The average molecular weight is 288 g/mol. The second kappa shape index (κ2) is 6.02. The Morgan fingerprint density at radius 1 is 1.33 bits per heavy atom. The van der Waals surface area contributed by atoms with Gasteiger partial charge in [0.2, 0.25) is 0 Å². The molecule has 0 saturated heterocycles. The van der Waals surface area contributed by atoms with Gasteiger partial charge in [-0.3, -0.25) is 4.68 Å². The Morgan fingerprint density at radius 2 is 2.14 bits per heavy atom. The summed E-state index contributed by atoms with van der Waals surface area (Å²) in [6.07, 6.45) is 15.0. The lowest BCUT2D eigenvalue weighted by molar-refractivity contribution is -0.895. The van der Waals surface area contributed by atoms with Crippen LogP contribution in [0.4, 0.5) is 0 Å². The van der Waals surface area contributed by atoms with Crippen molar-refractivity contribution in [1.29, 1.82) is 0 Å². The summed E-state index contributed by atoms with van der Waals surface area (Å²) in [5.41, 5.74) is 2.42. The zero-order chi connectivity index (χ0) is 14.7. The Balaban J connectivity index is 1.67. The van der Waals surface area contributed by atoms with Gasteiger partial charge in [-0.15, -0.1) is 0 Å². The molecule has 0 spiro atoms. The monoisotopic (exact) mass is 288 g/mol. The SMILES string of the molecule is CC[N+]1(Cc2cnn(C)c2)C=C(NC2CCCCC2)C=N1. The summed E-state index contributed by atoms with van der Waals surface area (Å²) >= 11 is 0. The van der Waals surface area contributed by atoms with Gasteiger partial charge in [0.05, 0.1) is 6.20 Å². The Hall–Kier alpha value is -1.62. The van der Waals surface area contributed by atoms with Crippen molar-refractivity contribution in [3.05, 3.63) is 29.9 Å². The molecule has 1 aromatic heterocycles. The number of nitrogens with one attached hydrogen (secondary N) is 1. The predicted octanol–water partition coefficient (Wildman–Crippen LogP) is 2.52. The second-order valence-electron chi connectivity index (χ2n) is 6.29. The molecule has 5 nitrogen and oxygen atoms in total. The van der Waals surface area contributed by atoms with Crippen LogP contribution in [0.5, 0.6) is 0 Å². The number of rotatable bonds is 5. The maximum Gasteiger partial charge on any atom is 0.148 e. The molecule has 1 saturated carbocycles. The molecule has 1 atom stereocenters. The standard InChI is InChI=1S/C16H26N5/c1-3-21(12-14-9-17-20(2)11-14)13-16(10-18-21)19-15-7-5-4-6-8-15/h9-11,13,15,19H,3-8,12H2,1-2H3/q+1. The topological polar surface area (TPSA) is 42.2 Å². The zero-order valence-corrected chi connectivity index (χ0v) is 13.1. The normalized spacial score (nSPS) is 26.1. The molecule has 0 radical (unpaired) electrons. The quantitative estimate of drug-likeness (QED) is 0.846. The van der Waals surface area contributed by atoms with E-state index in [1.807, 2.05) is 24.1 Å². The fourth-order valence-electron chi connectivity index (χ4n) is 3.30. The highest BCUT2D eigenvalue weighted by molar-refractivity contribution is 5.78. The van der Waals surface area contributed by atoms with Crippen LogP contribution in [-0.2, 0) is 13.6 Å². The predicted molar refractivity (Wildman–Crippen MR) is 84.3 cm³/mol. The first-order chi connectivity index (χ1) is 10.2. The van der Waals surface area contributed by atoms with E-state index in [4.69, 9.17) is 5.10 Å². The number of aryl methyl sites for hydroxylation is 1. The summed E-state index contributed by atoms with van der Waals surface area (Å²) in [5.74, 6) is 0. The van der Waals surface area contributed by atoms with Gasteiger partial charge in [0.15, 0.2) is 0 Å².